The second-order valence-corrected chi connectivity index (χ2v) is 8.16. The van der Waals surface area contributed by atoms with Gasteiger partial charge in [-0.25, -0.2) is 8.78 Å². The number of nitrogens with zero attached hydrogens (tertiary/aromatic N) is 4. The van der Waals surface area contributed by atoms with Crippen LogP contribution >= 0.6 is 0 Å². The van der Waals surface area contributed by atoms with Gasteiger partial charge in [0.05, 0.1) is 12.6 Å². The van der Waals surface area contributed by atoms with Gasteiger partial charge in [-0.15, -0.1) is 0 Å². The Bertz CT molecular complexity index is 1290. The number of amides is 1. The van der Waals surface area contributed by atoms with E-state index in [4.69, 9.17) is 5.26 Å². The van der Waals surface area contributed by atoms with Crippen molar-refractivity contribution in [2.45, 2.75) is 31.2 Å². The highest BCUT2D eigenvalue weighted by Crippen LogP contribution is 2.32. The number of Topliss-reactive ketones (excluding diaryl/α,β-unsaturated/α-hetero) is 1. The van der Waals surface area contributed by atoms with Crippen LogP contribution in [0.15, 0.2) is 48.9 Å². The van der Waals surface area contributed by atoms with Crippen LogP contribution in [-0.4, -0.2) is 44.7 Å². The van der Waals surface area contributed by atoms with E-state index in [9.17, 15) is 18.4 Å². The van der Waals surface area contributed by atoms with Crippen molar-refractivity contribution in [3.05, 3.63) is 65.6 Å². The number of para-hydroxylation sites is 1. The second kappa shape index (κ2) is 8.94. The molecule has 3 heterocycles. The lowest BCUT2D eigenvalue weighted by molar-refractivity contribution is -0.132. The van der Waals surface area contributed by atoms with E-state index in [1.54, 1.807) is 24.4 Å². The lowest BCUT2D eigenvalue weighted by Gasteiger charge is -2.18. The Hall–Kier alpha value is -3.86. The summed E-state index contributed by atoms with van der Waals surface area (Å²) in [7, 11) is 1.96. The van der Waals surface area contributed by atoms with Gasteiger partial charge in [0, 0.05) is 66.9 Å². The fraction of sp³-hybridized carbons (Fsp3) is 0.280. The highest BCUT2D eigenvalue weighted by molar-refractivity contribution is 6.02. The molecule has 8 heteroatoms. The molecule has 1 amide bonds. The number of carbonyl (C=O) groups excluding carboxylic acids is 2. The number of fused-ring (bicyclic) bond motifs is 1. The summed E-state index contributed by atoms with van der Waals surface area (Å²) < 4.78 is 29.2. The number of carbonyl (C=O) groups is 2. The van der Waals surface area contributed by atoms with Crippen LogP contribution in [0.5, 0.6) is 0 Å². The minimum atomic E-state index is -3.08. The molecule has 1 fully saturated rings. The number of nitriles is 1. The zero-order valence-electron chi connectivity index (χ0n) is 18.0. The lowest BCUT2D eigenvalue weighted by Crippen LogP contribution is -2.36. The smallest absolute Gasteiger partial charge is 0.268 e. The van der Waals surface area contributed by atoms with E-state index >= 15 is 0 Å². The quantitative estimate of drug-likeness (QED) is 0.522. The Morgan fingerprint density at radius 2 is 1.97 bits per heavy atom. The molecule has 4 rings (SSSR count). The molecular formula is C25H22F2N4O2. The summed E-state index contributed by atoms with van der Waals surface area (Å²) in [6.45, 7) is -0.785. The Kier molecular flexibility index (Phi) is 6.05. The van der Waals surface area contributed by atoms with Gasteiger partial charge >= 0.3 is 0 Å². The summed E-state index contributed by atoms with van der Waals surface area (Å²) in [5, 5.41) is 10.1. The van der Waals surface area contributed by atoms with E-state index in [0.29, 0.717) is 11.1 Å². The maximum absolute atomic E-state index is 13.6. The molecule has 3 aromatic rings. The molecule has 1 aliphatic heterocycles. The maximum Gasteiger partial charge on any atom is 0.268 e. The first-order valence-electron chi connectivity index (χ1n) is 10.6. The van der Waals surface area contributed by atoms with Crippen molar-refractivity contribution in [2.75, 3.05) is 6.54 Å². The van der Waals surface area contributed by atoms with E-state index in [1.807, 2.05) is 48.2 Å². The topological polar surface area (TPSA) is 79.0 Å². The van der Waals surface area contributed by atoms with Crippen LogP contribution in [0.3, 0.4) is 0 Å². The van der Waals surface area contributed by atoms with E-state index in [1.165, 1.54) is 6.20 Å². The maximum atomic E-state index is 13.6. The summed E-state index contributed by atoms with van der Waals surface area (Å²) in [6.07, 6.45) is 7.73. The van der Waals surface area contributed by atoms with Gasteiger partial charge < -0.3 is 9.47 Å². The third-order valence-corrected chi connectivity index (χ3v) is 5.83. The zero-order chi connectivity index (χ0) is 23.6. The average molecular weight is 448 g/mol. The van der Waals surface area contributed by atoms with Crippen molar-refractivity contribution in [2.24, 2.45) is 7.05 Å². The van der Waals surface area contributed by atoms with E-state index in [2.05, 4.69) is 4.98 Å². The molecule has 0 N–H and O–H groups in total. The van der Waals surface area contributed by atoms with E-state index in [0.717, 1.165) is 21.4 Å². The van der Waals surface area contributed by atoms with Crippen molar-refractivity contribution in [1.29, 1.82) is 5.26 Å². The zero-order valence-corrected chi connectivity index (χ0v) is 18.0. The fourth-order valence-corrected chi connectivity index (χ4v) is 4.17. The Morgan fingerprint density at radius 3 is 2.76 bits per heavy atom. The van der Waals surface area contributed by atoms with Crippen molar-refractivity contribution >= 4 is 34.7 Å². The molecule has 0 radical (unpaired) electrons. The number of hydrogen-bond donors (Lipinski definition) is 0. The summed E-state index contributed by atoms with van der Waals surface area (Å²) >= 11 is 0. The first kappa shape index (κ1) is 22.3. The van der Waals surface area contributed by atoms with Gasteiger partial charge in [-0.2, -0.15) is 5.26 Å². The molecule has 0 aliphatic carbocycles. The van der Waals surface area contributed by atoms with Gasteiger partial charge in [0.2, 0.25) is 5.91 Å². The summed E-state index contributed by atoms with van der Waals surface area (Å²) in [6, 6.07) is 10.1. The van der Waals surface area contributed by atoms with Crippen LogP contribution in [0.1, 0.15) is 40.7 Å². The van der Waals surface area contributed by atoms with E-state index < -0.39 is 30.8 Å². The van der Waals surface area contributed by atoms with Gasteiger partial charge in [-0.3, -0.25) is 14.6 Å². The minimum absolute atomic E-state index is 0.141. The molecule has 168 valence electrons. The number of aryl methyl sites for hydroxylation is 1. The van der Waals surface area contributed by atoms with Gasteiger partial charge in [-0.1, -0.05) is 30.4 Å². The Balaban J connectivity index is 1.48. The number of alkyl halides is 2. The number of benzene rings is 1. The average Bonchev–Trinajstić information content (AvgIpc) is 3.31. The molecule has 2 aromatic heterocycles. The third kappa shape index (κ3) is 4.67. The van der Waals surface area contributed by atoms with Gasteiger partial charge in [0.15, 0.2) is 5.78 Å². The highest BCUT2D eigenvalue weighted by atomic mass is 19.3. The molecule has 0 spiro atoms. The van der Waals surface area contributed by atoms with Crippen LogP contribution in [0.2, 0.25) is 0 Å². The number of rotatable bonds is 6. The molecule has 1 saturated heterocycles. The predicted octanol–water partition coefficient (Wildman–Crippen LogP) is 4.47. The number of ketones is 1. The Morgan fingerprint density at radius 1 is 1.21 bits per heavy atom. The van der Waals surface area contributed by atoms with Crippen molar-refractivity contribution in [3.63, 3.8) is 0 Å². The molecule has 0 saturated carbocycles. The summed E-state index contributed by atoms with van der Waals surface area (Å²) in [5.74, 6) is -3.98. The fourth-order valence-electron chi connectivity index (χ4n) is 4.17. The molecule has 1 aliphatic rings. The molecule has 1 aromatic carbocycles. The number of likely N-dealkylation sites (tertiary alicyclic amines) is 1. The predicted molar refractivity (Wildman–Crippen MR) is 120 cm³/mol. The van der Waals surface area contributed by atoms with Crippen molar-refractivity contribution in [3.8, 4) is 6.07 Å². The molecule has 0 bridgehead atoms. The molecular weight excluding hydrogens is 426 g/mol. The van der Waals surface area contributed by atoms with Crippen LogP contribution in [0, 0.1) is 11.3 Å². The first-order valence-corrected chi connectivity index (χ1v) is 10.6. The third-order valence-electron chi connectivity index (χ3n) is 5.83. The summed E-state index contributed by atoms with van der Waals surface area (Å²) in [5.41, 5.74) is 3.08. The molecule has 1 atom stereocenters. The van der Waals surface area contributed by atoms with Crippen LogP contribution < -0.4 is 0 Å². The van der Waals surface area contributed by atoms with Gasteiger partial charge in [0.1, 0.15) is 6.04 Å². The van der Waals surface area contributed by atoms with Gasteiger partial charge in [0.25, 0.3) is 5.92 Å². The SMILES string of the molecule is Cn1cc(/C=C/c2cnccc2C(=O)CCC(=O)N2CC(F)(F)C[C@H]2C#N)c2ccccc21. The monoisotopic (exact) mass is 448 g/mol. The number of hydrogen-bond acceptors (Lipinski definition) is 4. The standard InChI is InChI=1S/C25H22F2N4O2/c1-30-15-18(20-4-2-3-5-22(20)30)7-6-17-14-29-11-10-21(17)23(32)8-9-24(33)31-16-25(26,27)12-19(31)13-28/h2-7,10-11,14-15,19H,8-9,12,16H2,1H3/b7-6+/t19-/m0/s1. The summed E-state index contributed by atoms with van der Waals surface area (Å²) in [4.78, 5) is 30.2. The lowest BCUT2D eigenvalue weighted by atomic mass is 10.0. The van der Waals surface area contributed by atoms with Crippen LogP contribution in [-0.2, 0) is 11.8 Å². The number of pyridine rings is 1. The van der Waals surface area contributed by atoms with Crippen LogP contribution in [0.25, 0.3) is 23.1 Å². The molecule has 0 unspecified atom stereocenters. The van der Waals surface area contributed by atoms with Crippen LogP contribution in [0.4, 0.5) is 8.78 Å². The minimum Gasteiger partial charge on any atom is -0.350 e. The van der Waals surface area contributed by atoms with Gasteiger partial charge in [-0.05, 0) is 17.7 Å². The molecule has 6 nitrogen and oxygen atoms in total. The second-order valence-electron chi connectivity index (χ2n) is 8.16. The Labute approximate surface area is 189 Å². The normalized spacial score (nSPS) is 17.5. The molecule has 33 heavy (non-hydrogen) atoms. The van der Waals surface area contributed by atoms with Crippen molar-refractivity contribution in [1.82, 2.24) is 14.5 Å². The largest absolute Gasteiger partial charge is 0.350 e. The first-order chi connectivity index (χ1) is 15.8. The number of aromatic nitrogens is 2. The number of halogens is 2. The highest BCUT2D eigenvalue weighted by Gasteiger charge is 2.47. The van der Waals surface area contributed by atoms with Crippen molar-refractivity contribution < 1.29 is 18.4 Å². The van der Waals surface area contributed by atoms with E-state index in [-0.39, 0.29) is 18.6 Å².